The molecular weight excluding hydrogens is 290 g/mol. The predicted octanol–water partition coefficient (Wildman–Crippen LogP) is -0.213. The Balaban J connectivity index is 2.04. The van der Waals surface area contributed by atoms with Crippen LogP contribution in [0.5, 0.6) is 0 Å². The molecule has 1 aliphatic carbocycles. The van der Waals surface area contributed by atoms with Crippen LogP contribution in [0.4, 0.5) is 0 Å². The maximum absolute atomic E-state index is 12.2. The second-order valence-electron chi connectivity index (χ2n) is 5.50. The number of hydrogen-bond acceptors (Lipinski definition) is 5. The van der Waals surface area contributed by atoms with E-state index in [0.717, 1.165) is 19.3 Å². The fourth-order valence-electron chi connectivity index (χ4n) is 2.74. The second kappa shape index (κ2) is 5.67. The predicted molar refractivity (Wildman–Crippen MR) is 72.0 cm³/mol. The summed E-state index contributed by atoms with van der Waals surface area (Å²) >= 11 is 0. The maximum Gasteiger partial charge on any atom is 0.215 e. The van der Waals surface area contributed by atoms with Gasteiger partial charge in [-0.2, -0.15) is 0 Å². The lowest BCUT2D eigenvalue weighted by Gasteiger charge is -2.23. The van der Waals surface area contributed by atoms with Crippen LogP contribution in [-0.2, 0) is 19.9 Å². The van der Waals surface area contributed by atoms with Crippen molar-refractivity contribution in [1.29, 1.82) is 0 Å². The van der Waals surface area contributed by atoms with Crippen molar-refractivity contribution in [2.24, 2.45) is 0 Å². The van der Waals surface area contributed by atoms with Crippen molar-refractivity contribution in [1.82, 2.24) is 4.72 Å². The van der Waals surface area contributed by atoms with Gasteiger partial charge in [0.05, 0.1) is 22.9 Å². The lowest BCUT2D eigenvalue weighted by molar-refractivity contribution is 0.130. The third kappa shape index (κ3) is 3.90. The van der Waals surface area contributed by atoms with E-state index in [4.69, 9.17) is 0 Å². The zero-order chi connectivity index (χ0) is 14.1. The lowest BCUT2D eigenvalue weighted by Crippen LogP contribution is -2.46. The van der Waals surface area contributed by atoms with Crippen molar-refractivity contribution >= 4 is 19.9 Å². The average Bonchev–Trinajstić information content (AvgIpc) is 2.56. The van der Waals surface area contributed by atoms with Gasteiger partial charge in [0.2, 0.25) is 10.0 Å². The molecule has 2 rings (SSSR count). The summed E-state index contributed by atoms with van der Waals surface area (Å²) in [5.74, 6) is -0.364. The number of aliphatic hydroxyl groups is 1. The monoisotopic (exact) mass is 311 g/mol. The Morgan fingerprint density at radius 2 is 1.74 bits per heavy atom. The molecule has 0 bridgehead atoms. The Kier molecular flexibility index (Phi) is 4.54. The van der Waals surface area contributed by atoms with Crippen molar-refractivity contribution in [3.63, 3.8) is 0 Å². The van der Waals surface area contributed by atoms with E-state index in [1.165, 1.54) is 0 Å². The van der Waals surface area contributed by atoms with Crippen LogP contribution in [0.3, 0.4) is 0 Å². The lowest BCUT2D eigenvalue weighted by atomic mass is 10.1. The molecule has 8 heteroatoms. The minimum absolute atomic E-state index is 0.0637. The first kappa shape index (κ1) is 15.2. The molecule has 2 aliphatic rings. The minimum atomic E-state index is -3.67. The molecule has 3 atom stereocenters. The molecule has 0 radical (unpaired) electrons. The van der Waals surface area contributed by atoms with E-state index in [-0.39, 0.29) is 17.9 Å². The van der Waals surface area contributed by atoms with E-state index in [9.17, 15) is 21.9 Å². The molecule has 1 saturated heterocycles. The first-order valence-corrected chi connectivity index (χ1v) is 10.1. The fourth-order valence-corrected chi connectivity index (χ4v) is 7.09. The minimum Gasteiger partial charge on any atom is -0.391 e. The van der Waals surface area contributed by atoms with Gasteiger partial charge in [-0.1, -0.05) is 19.3 Å². The summed E-state index contributed by atoms with van der Waals surface area (Å²) in [6.07, 6.45) is 3.46. The van der Waals surface area contributed by atoms with E-state index in [2.05, 4.69) is 4.72 Å². The Morgan fingerprint density at radius 1 is 1.05 bits per heavy atom. The number of sulfone groups is 1. The van der Waals surface area contributed by atoms with Gasteiger partial charge in [0.1, 0.15) is 0 Å². The molecule has 6 nitrogen and oxygen atoms in total. The summed E-state index contributed by atoms with van der Waals surface area (Å²) in [6.45, 7) is 0. The Hall–Kier alpha value is -0.180. The van der Waals surface area contributed by atoms with Crippen LogP contribution in [0.25, 0.3) is 0 Å². The van der Waals surface area contributed by atoms with Gasteiger partial charge >= 0.3 is 0 Å². The first-order valence-electron chi connectivity index (χ1n) is 6.70. The SMILES string of the molecule is O=S1(=O)CCC(S(=O)(=O)NC2CCCCCC2O)C1. The molecule has 19 heavy (non-hydrogen) atoms. The Morgan fingerprint density at radius 3 is 2.37 bits per heavy atom. The Bertz CT molecular complexity index is 513. The van der Waals surface area contributed by atoms with Gasteiger partial charge in [-0.25, -0.2) is 21.6 Å². The molecular formula is C11H21NO5S2. The molecule has 0 amide bonds. The zero-order valence-corrected chi connectivity index (χ0v) is 12.4. The Labute approximate surface area is 114 Å². The van der Waals surface area contributed by atoms with Crippen LogP contribution < -0.4 is 4.72 Å². The number of aliphatic hydroxyl groups excluding tert-OH is 1. The average molecular weight is 311 g/mol. The van der Waals surface area contributed by atoms with Crippen LogP contribution in [0.15, 0.2) is 0 Å². The summed E-state index contributed by atoms with van der Waals surface area (Å²) in [4.78, 5) is 0. The number of sulfonamides is 1. The van der Waals surface area contributed by atoms with Gasteiger partial charge in [0.15, 0.2) is 9.84 Å². The van der Waals surface area contributed by atoms with E-state index in [0.29, 0.717) is 12.8 Å². The van der Waals surface area contributed by atoms with Gasteiger partial charge < -0.3 is 5.11 Å². The standard InChI is InChI=1S/C11H21NO5S2/c13-11-5-3-1-2-4-10(11)12-19(16,17)9-6-7-18(14,15)8-9/h9-13H,1-8H2. The smallest absolute Gasteiger partial charge is 0.215 e. The van der Waals surface area contributed by atoms with Gasteiger partial charge in [0.25, 0.3) is 0 Å². The van der Waals surface area contributed by atoms with E-state index >= 15 is 0 Å². The second-order valence-corrected chi connectivity index (χ2v) is 9.72. The summed E-state index contributed by atoms with van der Waals surface area (Å²) < 4.78 is 49.6. The van der Waals surface area contributed by atoms with Crippen LogP contribution in [0, 0.1) is 0 Å². The summed E-state index contributed by atoms with van der Waals surface area (Å²) in [5.41, 5.74) is 0. The van der Waals surface area contributed by atoms with Gasteiger partial charge in [-0.15, -0.1) is 0 Å². The van der Waals surface area contributed by atoms with Crippen LogP contribution in [-0.4, -0.2) is 50.8 Å². The van der Waals surface area contributed by atoms with Crippen LogP contribution >= 0.6 is 0 Å². The topological polar surface area (TPSA) is 101 Å². The highest BCUT2D eigenvalue weighted by Gasteiger charge is 2.39. The molecule has 2 fully saturated rings. The quantitative estimate of drug-likeness (QED) is 0.702. The summed E-state index contributed by atoms with van der Waals surface area (Å²) in [6, 6.07) is -0.476. The number of hydrogen-bond donors (Lipinski definition) is 2. The van der Waals surface area contributed by atoms with E-state index in [1.54, 1.807) is 0 Å². The summed E-state index contributed by atoms with van der Waals surface area (Å²) in [5, 5.41) is 9.04. The molecule has 0 aromatic heterocycles. The molecule has 2 N–H and O–H groups in total. The van der Waals surface area contributed by atoms with Crippen molar-refractivity contribution in [3.8, 4) is 0 Å². The zero-order valence-electron chi connectivity index (χ0n) is 10.8. The molecule has 3 unspecified atom stereocenters. The largest absolute Gasteiger partial charge is 0.391 e. The number of nitrogens with one attached hydrogen (secondary N) is 1. The van der Waals surface area contributed by atoms with Crippen LogP contribution in [0.1, 0.15) is 38.5 Å². The van der Waals surface area contributed by atoms with Gasteiger partial charge in [-0.05, 0) is 19.3 Å². The molecule has 0 aromatic rings. The van der Waals surface area contributed by atoms with Gasteiger partial charge in [0, 0.05) is 6.04 Å². The van der Waals surface area contributed by atoms with Crippen molar-refractivity contribution in [3.05, 3.63) is 0 Å². The highest BCUT2D eigenvalue weighted by atomic mass is 32.2. The summed E-state index contributed by atoms with van der Waals surface area (Å²) in [7, 11) is -6.89. The van der Waals surface area contributed by atoms with Crippen molar-refractivity contribution in [2.75, 3.05) is 11.5 Å². The van der Waals surface area contributed by atoms with Crippen molar-refractivity contribution in [2.45, 2.75) is 55.9 Å². The van der Waals surface area contributed by atoms with E-state index < -0.39 is 37.3 Å². The number of rotatable bonds is 3. The van der Waals surface area contributed by atoms with Crippen LogP contribution in [0.2, 0.25) is 0 Å². The fraction of sp³-hybridized carbons (Fsp3) is 1.00. The van der Waals surface area contributed by atoms with E-state index in [1.807, 2.05) is 0 Å². The molecule has 0 spiro atoms. The molecule has 1 heterocycles. The molecule has 1 aliphatic heterocycles. The third-order valence-electron chi connectivity index (χ3n) is 3.92. The molecule has 0 aromatic carbocycles. The molecule has 112 valence electrons. The highest BCUT2D eigenvalue weighted by Crippen LogP contribution is 2.22. The van der Waals surface area contributed by atoms with Gasteiger partial charge in [-0.3, -0.25) is 0 Å². The maximum atomic E-state index is 12.2. The highest BCUT2D eigenvalue weighted by molar-refractivity contribution is 7.95. The molecule has 1 saturated carbocycles. The first-order chi connectivity index (χ1) is 8.80. The normalized spacial score (nSPS) is 35.9. The third-order valence-corrected chi connectivity index (χ3v) is 7.81. The van der Waals surface area contributed by atoms with Crippen molar-refractivity contribution < 1.29 is 21.9 Å².